The molecule has 27 heavy (non-hydrogen) atoms. The highest BCUT2D eigenvalue weighted by Gasteiger charge is 2.33. The molecule has 144 valence electrons. The van der Waals surface area contributed by atoms with E-state index in [1.807, 2.05) is 6.26 Å². The van der Waals surface area contributed by atoms with Gasteiger partial charge in [-0.05, 0) is 30.5 Å². The molecule has 1 aromatic carbocycles. The number of nitro benzene ring substituents is 1. The maximum atomic E-state index is 12.7. The molecule has 0 atom stereocenters. The molecule has 0 spiro atoms. The van der Waals surface area contributed by atoms with E-state index < -0.39 is 22.4 Å². The molecule has 2 rings (SSSR count). The zero-order valence-electron chi connectivity index (χ0n) is 14.0. The third kappa shape index (κ3) is 5.84. The lowest BCUT2D eigenvalue weighted by Crippen LogP contribution is -2.17. The monoisotopic (exact) mass is 400 g/mol. The standard InChI is InChI=1S/C16H15F3N4O3S/c1-27-15-5-3-11(9-21-15)22-14(24)6-7-20-12-4-2-10(16(17,18)19)8-13(12)23(25)26/h2-5,8-9,20H,6-7H2,1H3,(H,22,24). The van der Waals surface area contributed by atoms with Gasteiger partial charge in [0.05, 0.1) is 27.4 Å². The molecular formula is C16H15F3N4O3S. The molecule has 0 bridgehead atoms. The average Bonchev–Trinajstić information content (AvgIpc) is 2.61. The van der Waals surface area contributed by atoms with Gasteiger partial charge in [-0.1, -0.05) is 0 Å². The van der Waals surface area contributed by atoms with Crippen LogP contribution in [0.3, 0.4) is 0 Å². The third-order valence-electron chi connectivity index (χ3n) is 3.42. The number of amides is 1. The number of alkyl halides is 3. The number of aromatic nitrogens is 1. The Morgan fingerprint density at radius 1 is 1.30 bits per heavy atom. The fraction of sp³-hybridized carbons (Fsp3) is 0.250. The highest BCUT2D eigenvalue weighted by molar-refractivity contribution is 7.98. The molecule has 0 unspecified atom stereocenters. The van der Waals surface area contributed by atoms with Crippen molar-refractivity contribution in [3.05, 3.63) is 52.2 Å². The lowest BCUT2D eigenvalue weighted by molar-refractivity contribution is -0.384. The number of carbonyl (C=O) groups excluding carboxylic acids is 1. The molecule has 0 saturated carbocycles. The minimum atomic E-state index is -4.68. The molecule has 2 N–H and O–H groups in total. The Hall–Kier alpha value is -2.82. The predicted octanol–water partition coefficient (Wildman–Crippen LogP) is 4.17. The third-order valence-corrected chi connectivity index (χ3v) is 4.08. The van der Waals surface area contributed by atoms with Gasteiger partial charge in [0, 0.05) is 19.0 Å². The van der Waals surface area contributed by atoms with Crippen molar-refractivity contribution in [2.24, 2.45) is 0 Å². The van der Waals surface area contributed by atoms with Gasteiger partial charge in [0.15, 0.2) is 0 Å². The van der Waals surface area contributed by atoms with Crippen LogP contribution in [0.4, 0.5) is 30.2 Å². The van der Waals surface area contributed by atoms with Crippen molar-refractivity contribution >= 4 is 34.7 Å². The van der Waals surface area contributed by atoms with Crippen LogP contribution >= 0.6 is 11.8 Å². The number of rotatable bonds is 7. The van der Waals surface area contributed by atoms with Gasteiger partial charge < -0.3 is 10.6 Å². The molecule has 1 aromatic heterocycles. The molecular weight excluding hydrogens is 385 g/mol. The van der Waals surface area contributed by atoms with Crippen LogP contribution in [0.1, 0.15) is 12.0 Å². The van der Waals surface area contributed by atoms with Crippen molar-refractivity contribution < 1.29 is 22.9 Å². The Morgan fingerprint density at radius 3 is 2.59 bits per heavy atom. The van der Waals surface area contributed by atoms with Crippen LogP contribution < -0.4 is 10.6 Å². The zero-order valence-corrected chi connectivity index (χ0v) is 14.9. The lowest BCUT2D eigenvalue weighted by Gasteiger charge is -2.11. The SMILES string of the molecule is CSc1ccc(NC(=O)CCNc2ccc(C(F)(F)F)cc2[N+](=O)[O-])cn1. The van der Waals surface area contributed by atoms with E-state index in [-0.39, 0.29) is 24.6 Å². The Bertz CT molecular complexity index is 829. The number of nitro groups is 1. The van der Waals surface area contributed by atoms with Crippen LogP contribution in [-0.4, -0.2) is 28.6 Å². The first-order chi connectivity index (χ1) is 12.7. The molecule has 0 aliphatic carbocycles. The number of hydrogen-bond acceptors (Lipinski definition) is 6. The van der Waals surface area contributed by atoms with Gasteiger partial charge in [-0.25, -0.2) is 4.98 Å². The van der Waals surface area contributed by atoms with Crippen molar-refractivity contribution in [1.82, 2.24) is 4.98 Å². The summed E-state index contributed by atoms with van der Waals surface area (Å²) in [6.45, 7) is 0.00830. The summed E-state index contributed by atoms with van der Waals surface area (Å²) in [5.74, 6) is -0.365. The van der Waals surface area contributed by atoms with Gasteiger partial charge in [-0.15, -0.1) is 11.8 Å². The molecule has 2 aromatic rings. The summed E-state index contributed by atoms with van der Waals surface area (Å²) < 4.78 is 38.0. The second-order valence-corrected chi connectivity index (χ2v) is 6.13. The van der Waals surface area contributed by atoms with E-state index in [1.165, 1.54) is 18.0 Å². The predicted molar refractivity (Wildman–Crippen MR) is 95.9 cm³/mol. The summed E-state index contributed by atoms with van der Waals surface area (Å²) in [6, 6.07) is 5.61. The minimum absolute atomic E-state index is 0.00830. The maximum absolute atomic E-state index is 12.7. The van der Waals surface area contributed by atoms with E-state index in [2.05, 4.69) is 15.6 Å². The number of carbonyl (C=O) groups is 1. The summed E-state index contributed by atoms with van der Waals surface area (Å²) in [6.07, 6.45) is -1.35. The Morgan fingerprint density at radius 2 is 2.04 bits per heavy atom. The largest absolute Gasteiger partial charge is 0.416 e. The summed E-state index contributed by atoms with van der Waals surface area (Å²) >= 11 is 1.45. The molecule has 7 nitrogen and oxygen atoms in total. The first-order valence-electron chi connectivity index (χ1n) is 7.60. The number of nitrogens with one attached hydrogen (secondary N) is 2. The fourth-order valence-electron chi connectivity index (χ4n) is 2.12. The number of hydrogen-bond donors (Lipinski definition) is 2. The Labute approximate surface area is 156 Å². The van der Waals surface area contributed by atoms with Crippen LogP contribution in [-0.2, 0) is 11.0 Å². The molecule has 0 saturated heterocycles. The van der Waals surface area contributed by atoms with E-state index in [4.69, 9.17) is 0 Å². The summed E-state index contributed by atoms with van der Waals surface area (Å²) in [5.41, 5.74) is -1.41. The Balaban J connectivity index is 1.95. The van der Waals surface area contributed by atoms with Gasteiger partial charge in [-0.2, -0.15) is 13.2 Å². The van der Waals surface area contributed by atoms with Crippen molar-refractivity contribution in [2.75, 3.05) is 23.4 Å². The zero-order chi connectivity index (χ0) is 20.0. The molecule has 1 amide bonds. The molecule has 11 heteroatoms. The van der Waals surface area contributed by atoms with Crippen LogP contribution in [0.2, 0.25) is 0 Å². The van der Waals surface area contributed by atoms with Gasteiger partial charge in [0.2, 0.25) is 5.91 Å². The van der Waals surface area contributed by atoms with E-state index in [0.717, 1.165) is 17.2 Å². The van der Waals surface area contributed by atoms with Gasteiger partial charge in [-0.3, -0.25) is 14.9 Å². The molecule has 1 heterocycles. The number of pyridine rings is 1. The molecule has 0 radical (unpaired) electrons. The quantitative estimate of drug-likeness (QED) is 0.411. The smallest absolute Gasteiger partial charge is 0.379 e. The van der Waals surface area contributed by atoms with E-state index >= 15 is 0 Å². The van der Waals surface area contributed by atoms with Gasteiger partial charge in [0.25, 0.3) is 5.69 Å². The second kappa shape index (κ2) is 8.71. The van der Waals surface area contributed by atoms with Gasteiger partial charge >= 0.3 is 6.18 Å². The van der Waals surface area contributed by atoms with E-state index in [1.54, 1.807) is 12.1 Å². The number of nitrogens with zero attached hydrogens (tertiary/aromatic N) is 2. The topological polar surface area (TPSA) is 97.2 Å². The van der Waals surface area contributed by atoms with Crippen molar-refractivity contribution in [1.29, 1.82) is 0 Å². The fourth-order valence-corrected chi connectivity index (χ4v) is 2.48. The highest BCUT2D eigenvalue weighted by atomic mass is 32.2. The average molecular weight is 400 g/mol. The Kier molecular flexibility index (Phi) is 6.61. The summed E-state index contributed by atoms with van der Waals surface area (Å²) in [4.78, 5) is 26.1. The second-order valence-electron chi connectivity index (χ2n) is 5.30. The summed E-state index contributed by atoms with van der Waals surface area (Å²) in [5, 5.41) is 17.0. The van der Waals surface area contributed by atoms with Crippen LogP contribution in [0.15, 0.2) is 41.6 Å². The van der Waals surface area contributed by atoms with Gasteiger partial charge in [0.1, 0.15) is 5.69 Å². The van der Waals surface area contributed by atoms with E-state index in [9.17, 15) is 28.1 Å². The van der Waals surface area contributed by atoms with Crippen LogP contribution in [0, 0.1) is 10.1 Å². The maximum Gasteiger partial charge on any atom is 0.416 e. The highest BCUT2D eigenvalue weighted by Crippen LogP contribution is 2.34. The lowest BCUT2D eigenvalue weighted by atomic mass is 10.1. The number of thioether (sulfide) groups is 1. The summed E-state index contributed by atoms with van der Waals surface area (Å²) in [7, 11) is 0. The molecule has 0 aliphatic heterocycles. The van der Waals surface area contributed by atoms with Crippen molar-refractivity contribution in [3.8, 4) is 0 Å². The van der Waals surface area contributed by atoms with Crippen molar-refractivity contribution in [3.63, 3.8) is 0 Å². The van der Waals surface area contributed by atoms with Crippen molar-refractivity contribution in [2.45, 2.75) is 17.6 Å². The van der Waals surface area contributed by atoms with E-state index in [0.29, 0.717) is 11.8 Å². The number of anilines is 2. The number of benzene rings is 1. The van der Waals surface area contributed by atoms with Crippen LogP contribution in [0.25, 0.3) is 0 Å². The normalized spacial score (nSPS) is 11.1. The molecule has 0 fully saturated rings. The number of halogens is 3. The first kappa shape index (κ1) is 20.5. The van der Waals surface area contributed by atoms with Crippen LogP contribution in [0.5, 0.6) is 0 Å². The minimum Gasteiger partial charge on any atom is -0.379 e. The first-order valence-corrected chi connectivity index (χ1v) is 8.82. The molecule has 0 aliphatic rings.